The van der Waals surface area contributed by atoms with Crippen LogP contribution in [0.1, 0.15) is 26.3 Å². The van der Waals surface area contributed by atoms with Crippen LogP contribution in [0.15, 0.2) is 16.6 Å². The number of nitrogens with one attached hydrogen (secondary N) is 1. The number of ether oxygens (including phenoxy) is 1. The van der Waals surface area contributed by atoms with Crippen LogP contribution in [0.25, 0.3) is 0 Å². The summed E-state index contributed by atoms with van der Waals surface area (Å²) in [5.41, 5.74) is 7.24. The molecular weight excluding hydrogens is 308 g/mol. The van der Waals surface area contributed by atoms with Crippen molar-refractivity contribution in [3.05, 3.63) is 22.2 Å². The van der Waals surface area contributed by atoms with E-state index in [0.29, 0.717) is 11.4 Å². The number of methoxy groups -OCH3 is 1. The molecule has 19 heavy (non-hydrogen) atoms. The Labute approximate surface area is 122 Å². The molecule has 0 heterocycles. The van der Waals surface area contributed by atoms with Crippen molar-refractivity contribution in [3.8, 4) is 5.75 Å². The van der Waals surface area contributed by atoms with Crippen molar-refractivity contribution in [2.45, 2.75) is 33.7 Å². The molecular formula is C14H21BrN2O2. The van der Waals surface area contributed by atoms with Gasteiger partial charge in [-0.05, 0) is 30.0 Å². The van der Waals surface area contributed by atoms with E-state index in [1.807, 2.05) is 39.8 Å². The molecule has 0 aliphatic rings. The van der Waals surface area contributed by atoms with Gasteiger partial charge in [0.15, 0.2) is 0 Å². The molecule has 1 aromatic rings. The first kappa shape index (κ1) is 16.0. The highest BCUT2D eigenvalue weighted by Crippen LogP contribution is 2.32. The number of hydrogen-bond donors (Lipinski definition) is 2. The predicted molar refractivity (Wildman–Crippen MR) is 81.5 cm³/mol. The van der Waals surface area contributed by atoms with Crippen molar-refractivity contribution in [1.82, 2.24) is 0 Å². The average molecular weight is 329 g/mol. The Hall–Kier alpha value is -1.07. The van der Waals surface area contributed by atoms with E-state index in [9.17, 15) is 4.79 Å². The van der Waals surface area contributed by atoms with Gasteiger partial charge in [0.05, 0.1) is 18.8 Å². The van der Waals surface area contributed by atoms with E-state index in [1.54, 1.807) is 7.11 Å². The van der Waals surface area contributed by atoms with Gasteiger partial charge in [-0.2, -0.15) is 0 Å². The van der Waals surface area contributed by atoms with Gasteiger partial charge < -0.3 is 15.8 Å². The number of halogens is 1. The first-order chi connectivity index (χ1) is 8.66. The van der Waals surface area contributed by atoms with Gasteiger partial charge in [-0.25, -0.2) is 0 Å². The van der Waals surface area contributed by atoms with Crippen molar-refractivity contribution >= 4 is 27.5 Å². The Bertz CT molecular complexity index is 481. The molecule has 0 radical (unpaired) electrons. The molecule has 0 fully saturated rings. The maximum absolute atomic E-state index is 12.2. The number of amides is 1. The van der Waals surface area contributed by atoms with Gasteiger partial charge in [-0.1, -0.05) is 36.7 Å². The van der Waals surface area contributed by atoms with Gasteiger partial charge in [0, 0.05) is 4.47 Å². The molecule has 106 valence electrons. The topological polar surface area (TPSA) is 64.3 Å². The van der Waals surface area contributed by atoms with Crippen molar-refractivity contribution in [1.29, 1.82) is 0 Å². The van der Waals surface area contributed by atoms with Gasteiger partial charge in [-0.15, -0.1) is 0 Å². The van der Waals surface area contributed by atoms with Crippen LogP contribution in [0.2, 0.25) is 0 Å². The predicted octanol–water partition coefficient (Wildman–Crippen LogP) is 3.08. The molecule has 1 rings (SSSR count). The maximum atomic E-state index is 12.2. The van der Waals surface area contributed by atoms with Crippen LogP contribution in [0.4, 0.5) is 5.69 Å². The molecule has 0 aliphatic heterocycles. The van der Waals surface area contributed by atoms with Gasteiger partial charge in [-0.3, -0.25) is 4.79 Å². The van der Waals surface area contributed by atoms with Crippen molar-refractivity contribution in [2.24, 2.45) is 11.1 Å². The van der Waals surface area contributed by atoms with E-state index < -0.39 is 6.04 Å². The summed E-state index contributed by atoms with van der Waals surface area (Å²) in [4.78, 5) is 12.2. The fraction of sp³-hybridized carbons (Fsp3) is 0.500. The second-order valence-electron chi connectivity index (χ2n) is 5.63. The number of carbonyl (C=O) groups excluding carboxylic acids is 1. The van der Waals surface area contributed by atoms with Crippen LogP contribution in [-0.2, 0) is 4.79 Å². The summed E-state index contributed by atoms with van der Waals surface area (Å²) in [5, 5.41) is 2.85. The normalized spacial score (nSPS) is 13.0. The van der Waals surface area contributed by atoms with E-state index in [4.69, 9.17) is 10.5 Å². The standard InChI is InChI=1S/C14H21BrN2O2/c1-8-6-9(15)7-10(19-5)11(8)17-13(18)12(16)14(2,3)4/h6-7,12H,16H2,1-5H3,(H,17,18). The van der Waals surface area contributed by atoms with Gasteiger partial charge >= 0.3 is 0 Å². The van der Waals surface area contributed by atoms with Gasteiger partial charge in [0.25, 0.3) is 0 Å². The minimum atomic E-state index is -0.583. The molecule has 1 aromatic carbocycles. The summed E-state index contributed by atoms with van der Waals surface area (Å²) in [5.74, 6) is 0.401. The average Bonchev–Trinajstić information content (AvgIpc) is 2.29. The summed E-state index contributed by atoms with van der Waals surface area (Å²) in [6.07, 6.45) is 0. The summed E-state index contributed by atoms with van der Waals surface area (Å²) in [6, 6.07) is 3.15. The van der Waals surface area contributed by atoms with E-state index in [2.05, 4.69) is 21.2 Å². The lowest BCUT2D eigenvalue weighted by molar-refractivity contribution is -0.119. The number of carbonyl (C=O) groups is 1. The van der Waals surface area contributed by atoms with Crippen LogP contribution in [0.3, 0.4) is 0 Å². The second-order valence-corrected chi connectivity index (χ2v) is 6.55. The third-order valence-corrected chi connectivity index (χ3v) is 3.41. The third kappa shape index (κ3) is 3.94. The highest BCUT2D eigenvalue weighted by molar-refractivity contribution is 9.10. The van der Waals surface area contributed by atoms with Crippen molar-refractivity contribution < 1.29 is 9.53 Å². The van der Waals surface area contributed by atoms with E-state index in [1.165, 1.54) is 0 Å². The van der Waals surface area contributed by atoms with Crippen LogP contribution in [-0.4, -0.2) is 19.1 Å². The maximum Gasteiger partial charge on any atom is 0.241 e. The Balaban J connectivity index is 3.03. The van der Waals surface area contributed by atoms with Crippen LogP contribution < -0.4 is 15.8 Å². The van der Waals surface area contributed by atoms with Gasteiger partial charge in [0.1, 0.15) is 5.75 Å². The van der Waals surface area contributed by atoms with Crippen LogP contribution in [0.5, 0.6) is 5.75 Å². The lowest BCUT2D eigenvalue weighted by atomic mass is 9.87. The quantitative estimate of drug-likeness (QED) is 0.896. The number of benzene rings is 1. The fourth-order valence-corrected chi connectivity index (χ4v) is 2.18. The molecule has 0 aliphatic carbocycles. The minimum absolute atomic E-state index is 0.212. The number of anilines is 1. The monoisotopic (exact) mass is 328 g/mol. The first-order valence-electron chi connectivity index (χ1n) is 6.07. The molecule has 0 bridgehead atoms. The Morgan fingerprint density at radius 3 is 2.47 bits per heavy atom. The fourth-order valence-electron chi connectivity index (χ4n) is 1.63. The highest BCUT2D eigenvalue weighted by atomic mass is 79.9. The lowest BCUT2D eigenvalue weighted by Crippen LogP contribution is -2.45. The highest BCUT2D eigenvalue weighted by Gasteiger charge is 2.28. The summed E-state index contributed by atoms with van der Waals surface area (Å²) in [7, 11) is 1.57. The Morgan fingerprint density at radius 2 is 2.00 bits per heavy atom. The lowest BCUT2D eigenvalue weighted by Gasteiger charge is -2.26. The summed E-state index contributed by atoms with van der Waals surface area (Å²) < 4.78 is 6.19. The Kier molecular flexibility index (Phi) is 4.98. The summed E-state index contributed by atoms with van der Waals surface area (Å²) >= 11 is 3.40. The molecule has 0 spiro atoms. The van der Waals surface area contributed by atoms with E-state index >= 15 is 0 Å². The van der Waals surface area contributed by atoms with Crippen molar-refractivity contribution in [3.63, 3.8) is 0 Å². The SMILES string of the molecule is COc1cc(Br)cc(C)c1NC(=O)C(N)C(C)(C)C. The van der Waals surface area contributed by atoms with Crippen LogP contribution in [0, 0.1) is 12.3 Å². The zero-order valence-corrected chi connectivity index (χ0v) is 13.6. The van der Waals surface area contributed by atoms with Crippen molar-refractivity contribution in [2.75, 3.05) is 12.4 Å². The zero-order valence-electron chi connectivity index (χ0n) is 12.0. The molecule has 0 saturated heterocycles. The molecule has 5 heteroatoms. The smallest absolute Gasteiger partial charge is 0.241 e. The number of rotatable bonds is 3. The van der Waals surface area contributed by atoms with E-state index in [-0.39, 0.29) is 11.3 Å². The zero-order chi connectivity index (χ0) is 14.8. The molecule has 0 aromatic heterocycles. The third-order valence-electron chi connectivity index (χ3n) is 2.95. The molecule has 1 amide bonds. The summed E-state index contributed by atoms with van der Waals surface area (Å²) in [6.45, 7) is 7.71. The molecule has 0 saturated carbocycles. The van der Waals surface area contributed by atoms with Gasteiger partial charge in [0.2, 0.25) is 5.91 Å². The number of aryl methyl sites for hydroxylation is 1. The first-order valence-corrected chi connectivity index (χ1v) is 6.86. The number of hydrogen-bond acceptors (Lipinski definition) is 3. The Morgan fingerprint density at radius 1 is 1.42 bits per heavy atom. The largest absolute Gasteiger partial charge is 0.495 e. The molecule has 3 N–H and O–H groups in total. The van der Waals surface area contributed by atoms with Crippen LogP contribution >= 0.6 is 15.9 Å². The number of nitrogens with two attached hydrogens (primary N) is 1. The molecule has 1 atom stereocenters. The minimum Gasteiger partial charge on any atom is -0.495 e. The second kappa shape index (κ2) is 5.92. The molecule has 1 unspecified atom stereocenters. The van der Waals surface area contributed by atoms with E-state index in [0.717, 1.165) is 10.0 Å². The molecule has 4 nitrogen and oxygen atoms in total.